The second-order valence-electron chi connectivity index (χ2n) is 19.2. The Kier molecular flexibility index (Phi) is 10.5. The molecule has 0 saturated heterocycles. The van der Waals surface area contributed by atoms with Crippen molar-refractivity contribution in [2.24, 2.45) is 57.2 Å². The van der Waals surface area contributed by atoms with Gasteiger partial charge in [0.05, 0.1) is 17.1 Å². The van der Waals surface area contributed by atoms with Crippen molar-refractivity contribution in [1.29, 1.82) is 0 Å². The molecule has 0 aliphatic heterocycles. The van der Waals surface area contributed by atoms with E-state index < -0.39 is 23.4 Å². The largest absolute Gasteiger partial charge is 0.478 e. The predicted octanol–water partition coefficient (Wildman–Crippen LogP) is 8.59. The summed E-state index contributed by atoms with van der Waals surface area (Å²) in [6, 6.07) is 11.3. The second-order valence-corrected chi connectivity index (χ2v) is 19.2. The van der Waals surface area contributed by atoms with E-state index in [2.05, 4.69) is 51.8 Å². The van der Waals surface area contributed by atoms with E-state index >= 15 is 4.39 Å². The van der Waals surface area contributed by atoms with E-state index in [9.17, 15) is 19.8 Å². The van der Waals surface area contributed by atoms with E-state index in [4.69, 9.17) is 5.11 Å². The number of aliphatic hydroxyl groups is 2. The summed E-state index contributed by atoms with van der Waals surface area (Å²) < 4.78 is 15.8. The van der Waals surface area contributed by atoms with Crippen molar-refractivity contribution < 1.29 is 29.3 Å². The van der Waals surface area contributed by atoms with E-state index in [1.54, 1.807) is 30.3 Å². The molecule has 0 bridgehead atoms. The van der Waals surface area contributed by atoms with Gasteiger partial charge >= 0.3 is 5.97 Å². The number of fused-ring (bicyclic) bond motifs is 7. The summed E-state index contributed by atoms with van der Waals surface area (Å²) in [5.41, 5.74) is 2.67. The Bertz CT molecular complexity index is 1760. The minimum absolute atomic E-state index is 0.0677. The first-order valence-electron chi connectivity index (χ1n) is 20.7. The fourth-order valence-electron chi connectivity index (χ4n) is 13.8. The van der Waals surface area contributed by atoms with Crippen molar-refractivity contribution in [3.05, 3.63) is 82.7 Å². The highest BCUT2D eigenvalue weighted by Crippen LogP contribution is 2.73. The molecular weight excluding hydrogens is 680 g/mol. The van der Waals surface area contributed by atoms with Crippen LogP contribution in [0.4, 0.5) is 4.39 Å². The molecule has 5 aliphatic carbocycles. The van der Waals surface area contributed by atoms with Crippen LogP contribution < -0.4 is 10.6 Å². The number of rotatable bonds is 10. The average molecular weight is 743 g/mol. The van der Waals surface area contributed by atoms with Gasteiger partial charge in [-0.2, -0.15) is 0 Å². The first kappa shape index (κ1) is 39.2. The first-order chi connectivity index (χ1) is 25.5. The maximum Gasteiger partial charge on any atom is 0.335 e. The summed E-state index contributed by atoms with van der Waals surface area (Å²) >= 11 is 0. The minimum atomic E-state index is -1.25. The molecule has 2 aromatic rings. The van der Waals surface area contributed by atoms with Crippen molar-refractivity contribution in [2.75, 3.05) is 6.54 Å². The summed E-state index contributed by atoms with van der Waals surface area (Å²) in [4.78, 5) is 25.7. The van der Waals surface area contributed by atoms with Gasteiger partial charge in [-0.3, -0.25) is 10.1 Å². The van der Waals surface area contributed by atoms with Crippen LogP contribution in [0.15, 0.2) is 54.6 Å². The molecule has 2 aromatic carbocycles. The number of hydrogen-bond donors (Lipinski definition) is 5. The molecular formula is C46H63FN2O5. The summed E-state index contributed by atoms with van der Waals surface area (Å²) in [6.07, 6.45) is 9.38. The van der Waals surface area contributed by atoms with E-state index in [1.165, 1.54) is 37.0 Å². The van der Waals surface area contributed by atoms with E-state index in [0.29, 0.717) is 48.1 Å². The maximum atomic E-state index is 15.8. The van der Waals surface area contributed by atoms with Crippen LogP contribution in [0.3, 0.4) is 0 Å². The molecule has 54 heavy (non-hydrogen) atoms. The molecule has 0 heterocycles. The fourth-order valence-corrected chi connectivity index (χ4v) is 13.8. The van der Waals surface area contributed by atoms with E-state index in [0.717, 1.165) is 50.5 Å². The molecule has 7 nitrogen and oxygen atoms in total. The zero-order valence-electron chi connectivity index (χ0n) is 33.1. The lowest BCUT2D eigenvalue weighted by Crippen LogP contribution is -2.64. The SMILES string of the molecule is C=C(C)C1CCC2(C(=O)NCCc3cccc(C(O)NCc4ccc(C(=O)O)cc4)c3F)CCC3C(CCC4C3(C)CCC3C(C)(C)C(O)CCC34C)C12. The average Bonchev–Trinajstić information content (AvgIpc) is 3.55. The van der Waals surface area contributed by atoms with Gasteiger partial charge in [0.2, 0.25) is 5.91 Å². The standard InChI is InChI=1S/C46H63FN2O5/c1-27(2)31-16-23-46(24-17-34-32(38(31)46)14-15-36-44(34,5)21-18-35-43(3,4)37(50)19-22-45(35,36)6)42(54)48-25-20-29-8-7-9-33(39(29)47)40(51)49-26-28-10-12-30(13-11-28)41(52)53/h7-13,31-32,34-38,40,49-51H,1,14-26H2,2-6H3,(H,48,54)(H,52,53). The van der Waals surface area contributed by atoms with Crippen LogP contribution in [0.25, 0.3) is 0 Å². The molecule has 0 radical (unpaired) electrons. The predicted molar refractivity (Wildman–Crippen MR) is 209 cm³/mol. The monoisotopic (exact) mass is 742 g/mol. The third-order valence-electron chi connectivity index (χ3n) is 16.4. The third-order valence-corrected chi connectivity index (χ3v) is 16.4. The van der Waals surface area contributed by atoms with Gasteiger partial charge in [0.25, 0.3) is 0 Å². The number of carbonyl (C=O) groups is 2. The van der Waals surface area contributed by atoms with Crippen LogP contribution >= 0.6 is 0 Å². The molecule has 0 aromatic heterocycles. The molecule has 5 aliphatic rings. The molecule has 5 N–H and O–H groups in total. The van der Waals surface area contributed by atoms with Gasteiger partial charge < -0.3 is 20.6 Å². The lowest BCUT2D eigenvalue weighted by Gasteiger charge is -2.69. The van der Waals surface area contributed by atoms with Crippen LogP contribution in [-0.2, 0) is 17.8 Å². The smallest absolute Gasteiger partial charge is 0.335 e. The molecule has 11 atom stereocenters. The topological polar surface area (TPSA) is 119 Å². The Hall–Kier alpha value is -3.07. The highest BCUT2D eigenvalue weighted by molar-refractivity contribution is 5.87. The zero-order valence-corrected chi connectivity index (χ0v) is 33.1. The van der Waals surface area contributed by atoms with Gasteiger partial charge in [-0.25, -0.2) is 9.18 Å². The molecule has 8 heteroatoms. The number of carboxylic acid groups (broad SMARTS) is 1. The van der Waals surface area contributed by atoms with Crippen molar-refractivity contribution >= 4 is 11.9 Å². The fraction of sp³-hybridized carbons (Fsp3) is 0.652. The van der Waals surface area contributed by atoms with Gasteiger partial charge in [0, 0.05) is 18.7 Å². The van der Waals surface area contributed by atoms with Gasteiger partial charge in [-0.1, -0.05) is 70.2 Å². The summed E-state index contributed by atoms with van der Waals surface area (Å²) in [5, 5.41) is 37.3. The number of hydrogen-bond acceptors (Lipinski definition) is 5. The number of aromatic carboxylic acids is 1. The highest BCUT2D eigenvalue weighted by atomic mass is 19.1. The van der Waals surface area contributed by atoms with Crippen LogP contribution in [-0.4, -0.2) is 39.8 Å². The number of amides is 1. The van der Waals surface area contributed by atoms with Crippen LogP contribution in [0.5, 0.6) is 0 Å². The Balaban J connectivity index is 1.03. The quantitative estimate of drug-likeness (QED) is 0.123. The number of nitrogens with one attached hydrogen (secondary N) is 2. The van der Waals surface area contributed by atoms with Crippen molar-refractivity contribution in [1.82, 2.24) is 10.6 Å². The number of carbonyl (C=O) groups excluding carboxylic acids is 1. The maximum absolute atomic E-state index is 15.8. The lowest BCUT2D eigenvalue weighted by atomic mass is 9.36. The van der Waals surface area contributed by atoms with Crippen molar-refractivity contribution in [3.63, 3.8) is 0 Å². The molecule has 1 amide bonds. The van der Waals surface area contributed by atoms with Crippen molar-refractivity contribution in [3.8, 4) is 0 Å². The second kappa shape index (κ2) is 14.5. The number of halogens is 1. The van der Waals surface area contributed by atoms with Gasteiger partial charge in [-0.05, 0) is 153 Å². The van der Waals surface area contributed by atoms with E-state index in [-0.39, 0.29) is 51.8 Å². The molecule has 7 rings (SSSR count). The van der Waals surface area contributed by atoms with Gasteiger partial charge in [-0.15, -0.1) is 0 Å². The number of aliphatic hydroxyl groups excluding tert-OH is 2. The number of benzene rings is 2. The Labute approximate surface area is 321 Å². The molecule has 294 valence electrons. The summed E-state index contributed by atoms with van der Waals surface area (Å²) in [6.45, 7) is 16.9. The number of carboxylic acids is 1. The Morgan fingerprint density at radius 3 is 2.31 bits per heavy atom. The highest BCUT2D eigenvalue weighted by Gasteiger charge is 2.68. The van der Waals surface area contributed by atoms with Crippen LogP contribution in [0.2, 0.25) is 0 Å². The minimum Gasteiger partial charge on any atom is -0.478 e. The third kappa shape index (κ3) is 6.36. The summed E-state index contributed by atoms with van der Waals surface area (Å²) in [5.74, 6) is 1.44. The van der Waals surface area contributed by atoms with Crippen LogP contribution in [0, 0.1) is 63.0 Å². The molecule has 0 spiro atoms. The molecule has 5 saturated carbocycles. The summed E-state index contributed by atoms with van der Waals surface area (Å²) in [7, 11) is 0. The number of allylic oxidation sites excluding steroid dienone is 1. The Morgan fingerprint density at radius 1 is 0.907 bits per heavy atom. The van der Waals surface area contributed by atoms with Crippen LogP contribution in [0.1, 0.15) is 132 Å². The normalized spacial score (nSPS) is 37.2. The van der Waals surface area contributed by atoms with Gasteiger partial charge in [0.1, 0.15) is 12.0 Å². The lowest BCUT2D eigenvalue weighted by molar-refractivity contribution is -0.216. The zero-order chi connectivity index (χ0) is 38.8. The molecule has 11 unspecified atom stereocenters. The molecule has 5 fully saturated rings. The van der Waals surface area contributed by atoms with Crippen molar-refractivity contribution in [2.45, 2.75) is 124 Å². The Morgan fingerprint density at radius 2 is 1.61 bits per heavy atom. The first-order valence-corrected chi connectivity index (χ1v) is 20.7. The van der Waals surface area contributed by atoms with Gasteiger partial charge in [0.15, 0.2) is 0 Å². The van der Waals surface area contributed by atoms with E-state index in [1.807, 2.05) is 0 Å².